The summed E-state index contributed by atoms with van der Waals surface area (Å²) in [5, 5.41) is 12.2. The zero-order valence-corrected chi connectivity index (χ0v) is 18.8. The zero-order chi connectivity index (χ0) is 22.9. The van der Waals surface area contributed by atoms with Gasteiger partial charge in [0, 0.05) is 6.54 Å². The van der Waals surface area contributed by atoms with Gasteiger partial charge in [-0.15, -0.1) is 0 Å². The summed E-state index contributed by atoms with van der Waals surface area (Å²) in [5.74, 6) is 0.498. The molecule has 0 bridgehead atoms. The molecular formula is C27H31NO4. The molecular weight excluding hydrogens is 402 g/mol. The van der Waals surface area contributed by atoms with Gasteiger partial charge < -0.3 is 15.2 Å². The molecule has 3 rings (SSSR count). The molecule has 0 spiro atoms. The first-order valence-electron chi connectivity index (χ1n) is 11.1. The Bertz CT molecular complexity index is 1000. The van der Waals surface area contributed by atoms with Crippen molar-refractivity contribution >= 4 is 23.2 Å². The molecule has 1 aliphatic rings. The lowest BCUT2D eigenvalue weighted by molar-refractivity contribution is -0.123. The Morgan fingerprint density at radius 2 is 1.97 bits per heavy atom. The van der Waals surface area contributed by atoms with Crippen LogP contribution in [0.2, 0.25) is 0 Å². The molecule has 2 N–H and O–H groups in total. The Labute approximate surface area is 189 Å². The van der Waals surface area contributed by atoms with Crippen LogP contribution in [0.25, 0.3) is 11.6 Å². The predicted molar refractivity (Wildman–Crippen MR) is 127 cm³/mol. The van der Waals surface area contributed by atoms with Crippen molar-refractivity contribution in [3.8, 4) is 5.75 Å². The molecule has 0 unspecified atom stereocenters. The van der Waals surface area contributed by atoms with Gasteiger partial charge in [0.15, 0.2) is 17.7 Å². The van der Waals surface area contributed by atoms with E-state index in [0.29, 0.717) is 6.42 Å². The van der Waals surface area contributed by atoms with E-state index >= 15 is 0 Å². The van der Waals surface area contributed by atoms with E-state index in [2.05, 4.69) is 23.5 Å². The van der Waals surface area contributed by atoms with E-state index in [1.807, 2.05) is 37.3 Å². The highest BCUT2D eigenvalue weighted by molar-refractivity contribution is 5.94. The highest BCUT2D eigenvalue weighted by Gasteiger charge is 2.18. The molecule has 2 aromatic rings. The number of hydrogen-bond donors (Lipinski definition) is 2. The summed E-state index contributed by atoms with van der Waals surface area (Å²) in [7, 11) is 0. The van der Waals surface area contributed by atoms with Gasteiger partial charge in [-0.2, -0.15) is 0 Å². The maximum absolute atomic E-state index is 11.7. The Morgan fingerprint density at radius 1 is 1.19 bits per heavy atom. The molecule has 0 amide bonds. The Kier molecular flexibility index (Phi) is 8.54. The van der Waals surface area contributed by atoms with Crippen molar-refractivity contribution < 1.29 is 19.4 Å². The molecule has 0 saturated carbocycles. The molecule has 168 valence electrons. The number of aliphatic hydroxyl groups excluding tert-OH is 1. The van der Waals surface area contributed by atoms with Gasteiger partial charge in [-0.05, 0) is 78.8 Å². The molecule has 5 heteroatoms. The van der Waals surface area contributed by atoms with Gasteiger partial charge in [-0.3, -0.25) is 9.59 Å². The van der Waals surface area contributed by atoms with Crippen molar-refractivity contribution in [2.45, 2.75) is 45.8 Å². The molecule has 0 fully saturated rings. The summed E-state index contributed by atoms with van der Waals surface area (Å²) in [6.07, 6.45) is 7.49. The lowest BCUT2D eigenvalue weighted by atomic mass is 10.0. The number of ketones is 2. The summed E-state index contributed by atoms with van der Waals surface area (Å²) >= 11 is 0. The van der Waals surface area contributed by atoms with Gasteiger partial charge in [0.05, 0.1) is 0 Å². The fraction of sp³-hybridized carbons (Fsp3) is 0.333. The number of ether oxygens (including phenoxy) is 1. The van der Waals surface area contributed by atoms with Crippen molar-refractivity contribution in [3.63, 3.8) is 0 Å². The average Bonchev–Trinajstić information content (AvgIpc) is 3.21. The van der Waals surface area contributed by atoms with Gasteiger partial charge in [0.2, 0.25) is 0 Å². The average molecular weight is 434 g/mol. The fourth-order valence-electron chi connectivity index (χ4n) is 3.75. The fourth-order valence-corrected chi connectivity index (χ4v) is 3.75. The summed E-state index contributed by atoms with van der Waals surface area (Å²) < 4.78 is 5.90. The summed E-state index contributed by atoms with van der Waals surface area (Å²) in [6.45, 7) is 4.68. The molecule has 0 heterocycles. The minimum absolute atomic E-state index is 0.0515. The van der Waals surface area contributed by atoms with Crippen LogP contribution >= 0.6 is 0 Å². The van der Waals surface area contributed by atoms with Crippen LogP contribution in [-0.2, 0) is 22.6 Å². The number of nitrogens with one attached hydrogen (secondary N) is 1. The second-order valence-electron chi connectivity index (χ2n) is 8.00. The van der Waals surface area contributed by atoms with Crippen molar-refractivity contribution in [2.24, 2.45) is 0 Å². The molecule has 2 aromatic carbocycles. The third-order valence-electron chi connectivity index (χ3n) is 5.60. The number of benzene rings is 2. The van der Waals surface area contributed by atoms with Crippen molar-refractivity contribution in [2.75, 3.05) is 13.2 Å². The Morgan fingerprint density at radius 3 is 2.66 bits per heavy atom. The number of carbonyl (C=O) groups excluding carboxylic acids is 2. The number of fused-ring (bicyclic) bond motifs is 1. The second-order valence-corrected chi connectivity index (χ2v) is 8.00. The first-order chi connectivity index (χ1) is 15.5. The van der Waals surface area contributed by atoms with Crippen LogP contribution in [-0.4, -0.2) is 35.9 Å². The minimum Gasteiger partial charge on any atom is -0.483 e. The maximum atomic E-state index is 11.7. The number of Topliss-reactive ketones (excluding diaryl/α,β-unsaturated/α-hetero) is 1. The van der Waals surface area contributed by atoms with Crippen molar-refractivity contribution in [3.05, 3.63) is 76.9 Å². The van der Waals surface area contributed by atoms with Crippen LogP contribution < -0.4 is 10.1 Å². The summed E-state index contributed by atoms with van der Waals surface area (Å²) in [5.41, 5.74) is 5.92. The number of allylic oxidation sites excluding steroid dienone is 1. The monoisotopic (exact) mass is 433 g/mol. The van der Waals surface area contributed by atoms with Gasteiger partial charge in [-0.25, -0.2) is 0 Å². The van der Waals surface area contributed by atoms with Gasteiger partial charge in [-0.1, -0.05) is 49.4 Å². The maximum Gasteiger partial charge on any atom is 0.181 e. The van der Waals surface area contributed by atoms with Gasteiger partial charge in [0.1, 0.15) is 12.4 Å². The first kappa shape index (κ1) is 23.6. The molecule has 0 radical (unpaired) electrons. The molecule has 1 atom stereocenters. The molecule has 0 aromatic heterocycles. The smallest absolute Gasteiger partial charge is 0.181 e. The molecule has 32 heavy (non-hydrogen) atoms. The van der Waals surface area contributed by atoms with Crippen LogP contribution in [0.3, 0.4) is 0 Å². The molecule has 5 nitrogen and oxygen atoms in total. The van der Waals surface area contributed by atoms with Crippen LogP contribution in [0.5, 0.6) is 5.75 Å². The van der Waals surface area contributed by atoms with Crippen LogP contribution in [0.15, 0.2) is 54.6 Å². The predicted octanol–water partition coefficient (Wildman–Crippen LogP) is 4.13. The number of carbonyl (C=O) groups is 2. The van der Waals surface area contributed by atoms with Gasteiger partial charge >= 0.3 is 0 Å². The lowest BCUT2D eigenvalue weighted by Gasteiger charge is -2.16. The van der Waals surface area contributed by atoms with E-state index in [4.69, 9.17) is 9.84 Å². The Hall–Kier alpha value is -3.02. The lowest BCUT2D eigenvalue weighted by Crippen LogP contribution is -2.23. The van der Waals surface area contributed by atoms with E-state index in [9.17, 15) is 9.59 Å². The summed E-state index contributed by atoms with van der Waals surface area (Å²) in [4.78, 5) is 22.8. The number of aliphatic hydroxyl groups is 1. The topological polar surface area (TPSA) is 75.6 Å². The molecule has 0 aliphatic heterocycles. The van der Waals surface area contributed by atoms with E-state index in [-0.39, 0.29) is 17.7 Å². The standard InChI is InChI=1S/C27H31NO4/c1-3-27(19(2)30)32-25-13-11-22-9-10-23(26(22)16-25)14-15-28-17-21-6-4-20(5-7-21)8-12-24(31)18-29/h4-8,10-13,16,27-29H,3,9,14-15,17-18H2,1-2H3/b12-8+/t27-/m0/s1. The normalized spacial score (nSPS) is 13.7. The van der Waals surface area contributed by atoms with Crippen LogP contribution in [0.4, 0.5) is 0 Å². The molecule has 1 aliphatic carbocycles. The first-order valence-corrected chi connectivity index (χ1v) is 11.1. The minimum atomic E-state index is -0.467. The van der Waals surface area contributed by atoms with E-state index in [1.165, 1.54) is 28.3 Å². The van der Waals surface area contributed by atoms with E-state index < -0.39 is 6.61 Å². The quantitative estimate of drug-likeness (QED) is 0.389. The van der Waals surface area contributed by atoms with Crippen molar-refractivity contribution in [1.29, 1.82) is 0 Å². The number of hydrogen-bond acceptors (Lipinski definition) is 5. The highest BCUT2D eigenvalue weighted by atomic mass is 16.5. The largest absolute Gasteiger partial charge is 0.483 e. The van der Waals surface area contributed by atoms with Crippen LogP contribution in [0, 0.1) is 0 Å². The summed E-state index contributed by atoms with van der Waals surface area (Å²) in [6, 6.07) is 14.1. The number of rotatable bonds is 12. The van der Waals surface area contributed by atoms with Gasteiger partial charge in [0.25, 0.3) is 0 Å². The van der Waals surface area contributed by atoms with Crippen LogP contribution in [0.1, 0.15) is 48.9 Å². The third-order valence-corrected chi connectivity index (χ3v) is 5.60. The molecule has 0 saturated heterocycles. The third kappa shape index (κ3) is 6.49. The Balaban J connectivity index is 1.50. The van der Waals surface area contributed by atoms with Crippen molar-refractivity contribution in [1.82, 2.24) is 5.32 Å². The zero-order valence-electron chi connectivity index (χ0n) is 18.8. The SMILES string of the molecule is CC[C@H](Oc1ccc2c(c1)C(CCNCc1ccc(/C=C/C(=O)CO)cc1)=CC2)C(C)=O. The second kappa shape index (κ2) is 11.6. The highest BCUT2D eigenvalue weighted by Crippen LogP contribution is 2.33. The van der Waals surface area contributed by atoms with E-state index in [1.54, 1.807) is 13.0 Å². The van der Waals surface area contributed by atoms with E-state index in [0.717, 1.165) is 37.2 Å².